The quantitative estimate of drug-likeness (QED) is 0.618. The molecule has 0 saturated heterocycles. The summed E-state index contributed by atoms with van der Waals surface area (Å²) >= 11 is 0. The van der Waals surface area contributed by atoms with E-state index in [-0.39, 0.29) is 5.78 Å². The van der Waals surface area contributed by atoms with Gasteiger partial charge in [-0.15, -0.1) is 0 Å². The van der Waals surface area contributed by atoms with Gasteiger partial charge in [0.2, 0.25) is 0 Å². The van der Waals surface area contributed by atoms with Gasteiger partial charge in [0.1, 0.15) is 11.5 Å². The van der Waals surface area contributed by atoms with Crippen molar-refractivity contribution in [1.29, 1.82) is 0 Å². The first-order valence-electron chi connectivity index (χ1n) is 6.08. The summed E-state index contributed by atoms with van der Waals surface area (Å²) < 4.78 is 10.4. The number of allylic oxidation sites excluding steroid dienone is 1. The highest BCUT2D eigenvalue weighted by atomic mass is 16.5. The first kappa shape index (κ1) is 13.8. The van der Waals surface area contributed by atoms with Crippen LogP contribution in [0.25, 0.3) is 6.08 Å². The van der Waals surface area contributed by atoms with E-state index in [9.17, 15) is 4.79 Å². The number of aromatic nitrogens is 1. The summed E-state index contributed by atoms with van der Waals surface area (Å²) in [5, 5.41) is 0. The smallest absolute Gasteiger partial charge is 0.187 e. The molecule has 0 bridgehead atoms. The van der Waals surface area contributed by atoms with Crippen LogP contribution in [0.1, 0.15) is 15.9 Å². The number of nitrogens with zero attached hydrogens (tertiary/aromatic N) is 1. The first-order chi connectivity index (χ1) is 9.72. The lowest BCUT2D eigenvalue weighted by molar-refractivity contribution is 0.104. The van der Waals surface area contributed by atoms with Gasteiger partial charge in [-0.3, -0.25) is 9.78 Å². The molecular formula is C16H15NO3. The molecule has 0 N–H and O–H groups in total. The molecule has 0 aliphatic rings. The lowest BCUT2D eigenvalue weighted by Gasteiger charge is -2.05. The highest BCUT2D eigenvalue weighted by molar-refractivity contribution is 6.06. The largest absolute Gasteiger partial charge is 0.497 e. The molecule has 102 valence electrons. The molecule has 0 atom stereocenters. The molecule has 0 fully saturated rings. The second-order valence-corrected chi connectivity index (χ2v) is 4.09. The van der Waals surface area contributed by atoms with Gasteiger partial charge in [-0.25, -0.2) is 0 Å². The Bertz CT molecular complexity index is 599. The Kier molecular flexibility index (Phi) is 4.50. The Hall–Kier alpha value is -2.62. The number of methoxy groups -OCH3 is 2. The third-order valence-electron chi connectivity index (χ3n) is 2.75. The molecule has 0 saturated carbocycles. The molecule has 0 amide bonds. The standard InChI is InChI=1S/C16H15NO3/c1-19-14-8-12(9-15(10-14)20-2)5-6-16(18)13-4-3-7-17-11-13/h3-11H,1-2H3/b6-5+. The number of carbonyl (C=O) groups is 1. The number of carbonyl (C=O) groups excluding carboxylic acids is 1. The topological polar surface area (TPSA) is 48.4 Å². The zero-order valence-electron chi connectivity index (χ0n) is 11.4. The van der Waals surface area contributed by atoms with Gasteiger partial charge in [0.25, 0.3) is 0 Å². The van der Waals surface area contributed by atoms with Crippen molar-refractivity contribution < 1.29 is 14.3 Å². The molecule has 1 aromatic heterocycles. The fourth-order valence-electron chi connectivity index (χ4n) is 1.70. The molecule has 4 nitrogen and oxygen atoms in total. The fourth-order valence-corrected chi connectivity index (χ4v) is 1.70. The normalized spacial score (nSPS) is 10.5. The van der Waals surface area contributed by atoms with Crippen molar-refractivity contribution in [1.82, 2.24) is 4.98 Å². The minimum absolute atomic E-state index is 0.0973. The minimum atomic E-state index is -0.0973. The zero-order valence-corrected chi connectivity index (χ0v) is 11.4. The van der Waals surface area contributed by atoms with Gasteiger partial charge in [-0.05, 0) is 35.9 Å². The first-order valence-corrected chi connectivity index (χ1v) is 6.08. The molecule has 0 aliphatic heterocycles. The van der Waals surface area contributed by atoms with E-state index >= 15 is 0 Å². The van der Waals surface area contributed by atoms with Gasteiger partial charge in [0.05, 0.1) is 14.2 Å². The third kappa shape index (κ3) is 3.45. The molecule has 2 rings (SSSR count). The van der Waals surface area contributed by atoms with E-state index in [0.717, 1.165) is 5.56 Å². The van der Waals surface area contributed by atoms with Crippen LogP contribution < -0.4 is 9.47 Å². The minimum Gasteiger partial charge on any atom is -0.497 e. The molecule has 20 heavy (non-hydrogen) atoms. The molecular weight excluding hydrogens is 254 g/mol. The van der Waals surface area contributed by atoms with Crippen LogP contribution in [0.3, 0.4) is 0 Å². The summed E-state index contributed by atoms with van der Waals surface area (Å²) in [4.78, 5) is 15.9. The lowest BCUT2D eigenvalue weighted by Crippen LogP contribution is -1.94. The summed E-state index contributed by atoms with van der Waals surface area (Å²) in [5.41, 5.74) is 1.39. The fraction of sp³-hybridized carbons (Fsp3) is 0.125. The number of rotatable bonds is 5. The summed E-state index contributed by atoms with van der Waals surface area (Å²) in [6.07, 6.45) is 6.40. The average molecular weight is 269 g/mol. The number of ketones is 1. The van der Waals surface area contributed by atoms with Gasteiger partial charge in [-0.2, -0.15) is 0 Å². The van der Waals surface area contributed by atoms with Gasteiger partial charge in [-0.1, -0.05) is 6.08 Å². The van der Waals surface area contributed by atoms with Crippen LogP contribution in [0.5, 0.6) is 11.5 Å². The Morgan fingerprint density at radius 2 is 1.85 bits per heavy atom. The van der Waals surface area contributed by atoms with Gasteiger partial charge in [0, 0.05) is 24.0 Å². The Labute approximate surface area is 117 Å². The van der Waals surface area contributed by atoms with Crippen molar-refractivity contribution in [2.75, 3.05) is 14.2 Å². The Morgan fingerprint density at radius 1 is 1.15 bits per heavy atom. The number of pyridine rings is 1. The summed E-state index contributed by atoms with van der Waals surface area (Å²) in [7, 11) is 3.17. The van der Waals surface area contributed by atoms with Crippen LogP contribution in [0, 0.1) is 0 Å². The van der Waals surface area contributed by atoms with Crippen molar-refractivity contribution >= 4 is 11.9 Å². The molecule has 0 unspecified atom stereocenters. The highest BCUT2D eigenvalue weighted by Gasteiger charge is 2.02. The third-order valence-corrected chi connectivity index (χ3v) is 2.75. The van der Waals surface area contributed by atoms with Crippen LogP contribution in [-0.2, 0) is 0 Å². The summed E-state index contributed by atoms with van der Waals surface area (Å²) in [5.74, 6) is 1.26. The number of hydrogen-bond donors (Lipinski definition) is 0. The van der Waals surface area contributed by atoms with Crippen molar-refractivity contribution in [3.05, 3.63) is 59.9 Å². The van der Waals surface area contributed by atoms with E-state index < -0.39 is 0 Å². The molecule has 0 radical (unpaired) electrons. The number of hydrogen-bond acceptors (Lipinski definition) is 4. The lowest BCUT2D eigenvalue weighted by atomic mass is 10.1. The summed E-state index contributed by atoms with van der Waals surface area (Å²) in [6.45, 7) is 0. The molecule has 0 spiro atoms. The second kappa shape index (κ2) is 6.52. The van der Waals surface area contributed by atoms with E-state index in [1.165, 1.54) is 6.08 Å². The Balaban J connectivity index is 2.21. The average Bonchev–Trinajstić information content (AvgIpc) is 2.53. The van der Waals surface area contributed by atoms with Crippen LogP contribution >= 0.6 is 0 Å². The molecule has 0 aliphatic carbocycles. The maximum atomic E-state index is 11.9. The van der Waals surface area contributed by atoms with Crippen molar-refractivity contribution in [2.24, 2.45) is 0 Å². The monoisotopic (exact) mass is 269 g/mol. The van der Waals surface area contributed by atoms with Crippen molar-refractivity contribution in [2.45, 2.75) is 0 Å². The summed E-state index contributed by atoms with van der Waals surface area (Å²) in [6, 6.07) is 8.90. The van der Waals surface area contributed by atoms with Gasteiger partial charge < -0.3 is 9.47 Å². The van der Waals surface area contributed by atoms with Crippen LogP contribution in [0.4, 0.5) is 0 Å². The maximum absolute atomic E-state index is 11.9. The van der Waals surface area contributed by atoms with Crippen LogP contribution in [0.2, 0.25) is 0 Å². The zero-order chi connectivity index (χ0) is 14.4. The molecule has 2 aromatic rings. The Morgan fingerprint density at radius 3 is 2.40 bits per heavy atom. The van der Waals surface area contributed by atoms with Crippen LogP contribution in [0.15, 0.2) is 48.8 Å². The van der Waals surface area contributed by atoms with Crippen molar-refractivity contribution in [3.8, 4) is 11.5 Å². The van der Waals surface area contributed by atoms with Gasteiger partial charge in [0.15, 0.2) is 5.78 Å². The second-order valence-electron chi connectivity index (χ2n) is 4.09. The van der Waals surface area contributed by atoms with E-state index in [0.29, 0.717) is 17.1 Å². The maximum Gasteiger partial charge on any atom is 0.187 e. The predicted molar refractivity (Wildman–Crippen MR) is 77.1 cm³/mol. The van der Waals surface area contributed by atoms with E-state index in [4.69, 9.17) is 9.47 Å². The van der Waals surface area contributed by atoms with Crippen molar-refractivity contribution in [3.63, 3.8) is 0 Å². The van der Waals surface area contributed by atoms with Crippen LogP contribution in [-0.4, -0.2) is 25.0 Å². The molecule has 1 heterocycles. The number of ether oxygens (including phenoxy) is 2. The van der Waals surface area contributed by atoms with E-state index in [1.807, 2.05) is 12.1 Å². The SMILES string of the molecule is COc1cc(/C=C/C(=O)c2cccnc2)cc(OC)c1. The van der Waals surface area contributed by atoms with Gasteiger partial charge >= 0.3 is 0 Å². The molecule has 1 aromatic carbocycles. The number of benzene rings is 1. The molecule has 4 heteroatoms. The van der Waals surface area contributed by atoms with E-state index in [2.05, 4.69) is 4.98 Å². The highest BCUT2D eigenvalue weighted by Crippen LogP contribution is 2.23. The predicted octanol–water partition coefficient (Wildman–Crippen LogP) is 2.99. The van der Waals surface area contributed by atoms with E-state index in [1.54, 1.807) is 50.9 Å².